The number of piperazine rings is 1. The van der Waals surface area contributed by atoms with E-state index in [-0.39, 0.29) is 0 Å². The molecule has 1 aliphatic heterocycles. The highest BCUT2D eigenvalue weighted by Gasteiger charge is 2.15. The summed E-state index contributed by atoms with van der Waals surface area (Å²) in [5, 5.41) is 3.49. The molecule has 0 amide bonds. The van der Waals surface area contributed by atoms with Crippen LogP contribution in [0.15, 0.2) is 24.3 Å². The molecule has 0 aliphatic carbocycles. The average molecular weight is 232 g/mol. The maximum Gasteiger partial charge on any atom is 0.0369 e. The van der Waals surface area contributed by atoms with Crippen LogP contribution in [0.4, 0.5) is 5.69 Å². The molecule has 2 rings (SSSR count). The summed E-state index contributed by atoms with van der Waals surface area (Å²) in [5.41, 5.74) is 2.85. The molecule has 0 bridgehead atoms. The van der Waals surface area contributed by atoms with Crippen LogP contribution in [0.2, 0.25) is 0 Å². The quantitative estimate of drug-likeness (QED) is 0.862. The molecule has 1 aromatic carbocycles. The average Bonchev–Trinajstić information content (AvgIpc) is 2.28. The van der Waals surface area contributed by atoms with E-state index in [1.165, 1.54) is 17.7 Å². The molecule has 1 saturated heterocycles. The number of benzene rings is 1. The first-order valence-electron chi connectivity index (χ1n) is 6.72. The third-order valence-electron chi connectivity index (χ3n) is 3.29. The van der Waals surface area contributed by atoms with Gasteiger partial charge in [0, 0.05) is 31.4 Å². The summed E-state index contributed by atoms with van der Waals surface area (Å²) >= 11 is 0. The largest absolute Gasteiger partial charge is 0.369 e. The number of hydrogen-bond donors (Lipinski definition) is 1. The molecule has 1 heterocycles. The van der Waals surface area contributed by atoms with Gasteiger partial charge in [-0.3, -0.25) is 0 Å². The van der Waals surface area contributed by atoms with E-state index in [9.17, 15) is 0 Å². The molecular weight excluding hydrogens is 208 g/mol. The van der Waals surface area contributed by atoms with Crippen LogP contribution >= 0.6 is 0 Å². The molecule has 0 aromatic heterocycles. The van der Waals surface area contributed by atoms with Gasteiger partial charge in [0.25, 0.3) is 0 Å². The maximum atomic E-state index is 3.49. The van der Waals surface area contributed by atoms with Gasteiger partial charge < -0.3 is 10.2 Å². The topological polar surface area (TPSA) is 15.3 Å². The molecule has 0 unspecified atom stereocenters. The zero-order chi connectivity index (χ0) is 12.3. The van der Waals surface area contributed by atoms with Gasteiger partial charge in [-0.1, -0.05) is 26.0 Å². The molecule has 1 aliphatic rings. The van der Waals surface area contributed by atoms with Gasteiger partial charge in [0.1, 0.15) is 0 Å². The first-order chi connectivity index (χ1) is 8.15. The Morgan fingerprint density at radius 2 is 2.24 bits per heavy atom. The van der Waals surface area contributed by atoms with Crippen molar-refractivity contribution < 1.29 is 0 Å². The van der Waals surface area contributed by atoms with Crippen LogP contribution in [0.25, 0.3) is 0 Å². The highest BCUT2D eigenvalue weighted by molar-refractivity contribution is 5.49. The van der Waals surface area contributed by atoms with E-state index < -0.39 is 0 Å². The smallest absolute Gasteiger partial charge is 0.0369 e. The molecule has 17 heavy (non-hydrogen) atoms. The van der Waals surface area contributed by atoms with Gasteiger partial charge in [0.2, 0.25) is 0 Å². The molecule has 0 spiro atoms. The molecule has 0 radical (unpaired) electrons. The first kappa shape index (κ1) is 12.4. The highest BCUT2D eigenvalue weighted by Crippen LogP contribution is 2.19. The van der Waals surface area contributed by atoms with E-state index in [1.807, 2.05) is 0 Å². The van der Waals surface area contributed by atoms with Crippen molar-refractivity contribution in [2.75, 3.05) is 24.5 Å². The van der Waals surface area contributed by atoms with Crippen molar-refractivity contribution in [3.05, 3.63) is 29.8 Å². The molecule has 2 heteroatoms. The van der Waals surface area contributed by atoms with Crippen molar-refractivity contribution in [1.82, 2.24) is 5.32 Å². The Morgan fingerprint density at radius 1 is 1.41 bits per heavy atom. The lowest BCUT2D eigenvalue weighted by Gasteiger charge is -2.34. The molecule has 1 aromatic rings. The zero-order valence-electron chi connectivity index (χ0n) is 11.2. The molecule has 1 atom stereocenters. The Labute approximate surface area is 105 Å². The van der Waals surface area contributed by atoms with Gasteiger partial charge in [0.15, 0.2) is 0 Å². The first-order valence-corrected chi connectivity index (χ1v) is 6.72. The predicted octanol–water partition coefficient (Wildman–Crippen LogP) is 2.68. The molecule has 1 N–H and O–H groups in total. The van der Waals surface area contributed by atoms with Crippen LogP contribution in [-0.4, -0.2) is 25.7 Å². The standard InChI is InChI=1S/C15H24N2/c1-12(2)9-14-5-4-6-15(10-14)17-8-7-16-13(3)11-17/h4-6,10,12-13,16H,7-9,11H2,1-3H3/t13-/m1/s1. The van der Waals surface area contributed by atoms with Crippen molar-refractivity contribution in [1.29, 1.82) is 0 Å². The fourth-order valence-corrected chi connectivity index (χ4v) is 2.52. The summed E-state index contributed by atoms with van der Waals surface area (Å²) < 4.78 is 0. The summed E-state index contributed by atoms with van der Waals surface area (Å²) in [6.45, 7) is 10.1. The molecule has 94 valence electrons. The molecule has 2 nitrogen and oxygen atoms in total. The Morgan fingerprint density at radius 3 is 2.94 bits per heavy atom. The van der Waals surface area contributed by atoms with Gasteiger partial charge in [-0.25, -0.2) is 0 Å². The third kappa shape index (κ3) is 3.47. The normalized spacial score (nSPS) is 20.9. The second-order valence-electron chi connectivity index (χ2n) is 5.57. The second kappa shape index (κ2) is 5.54. The van der Waals surface area contributed by atoms with Crippen LogP contribution in [0.5, 0.6) is 0 Å². The number of anilines is 1. The lowest BCUT2D eigenvalue weighted by atomic mass is 10.0. The number of nitrogens with zero attached hydrogens (tertiary/aromatic N) is 1. The van der Waals surface area contributed by atoms with Crippen molar-refractivity contribution in [3.63, 3.8) is 0 Å². The van der Waals surface area contributed by atoms with Crippen LogP contribution in [0.1, 0.15) is 26.3 Å². The van der Waals surface area contributed by atoms with Crippen LogP contribution in [0, 0.1) is 5.92 Å². The molecule has 0 saturated carbocycles. The second-order valence-corrected chi connectivity index (χ2v) is 5.57. The van der Waals surface area contributed by atoms with E-state index >= 15 is 0 Å². The predicted molar refractivity (Wildman–Crippen MR) is 74.7 cm³/mol. The van der Waals surface area contributed by atoms with Gasteiger partial charge >= 0.3 is 0 Å². The van der Waals surface area contributed by atoms with Gasteiger partial charge in [-0.15, -0.1) is 0 Å². The van der Waals surface area contributed by atoms with E-state index in [0.29, 0.717) is 6.04 Å². The van der Waals surface area contributed by atoms with E-state index in [4.69, 9.17) is 0 Å². The van der Waals surface area contributed by atoms with Crippen LogP contribution in [0.3, 0.4) is 0 Å². The summed E-state index contributed by atoms with van der Waals surface area (Å²) in [6.07, 6.45) is 1.18. The van der Waals surface area contributed by atoms with Crippen molar-refractivity contribution in [2.45, 2.75) is 33.2 Å². The van der Waals surface area contributed by atoms with Crippen LogP contribution < -0.4 is 10.2 Å². The number of nitrogens with one attached hydrogen (secondary N) is 1. The van der Waals surface area contributed by atoms with Gasteiger partial charge in [-0.2, -0.15) is 0 Å². The number of hydrogen-bond acceptors (Lipinski definition) is 2. The van der Waals surface area contributed by atoms with Gasteiger partial charge in [-0.05, 0) is 37.0 Å². The fraction of sp³-hybridized carbons (Fsp3) is 0.600. The van der Waals surface area contributed by atoms with E-state index in [0.717, 1.165) is 25.6 Å². The summed E-state index contributed by atoms with van der Waals surface area (Å²) in [7, 11) is 0. The zero-order valence-corrected chi connectivity index (χ0v) is 11.2. The lowest BCUT2D eigenvalue weighted by molar-refractivity contribution is 0.484. The summed E-state index contributed by atoms with van der Waals surface area (Å²) in [5.74, 6) is 0.729. The minimum atomic E-state index is 0.595. The van der Waals surface area contributed by atoms with Crippen LogP contribution in [-0.2, 0) is 6.42 Å². The van der Waals surface area contributed by atoms with Crippen molar-refractivity contribution in [2.24, 2.45) is 5.92 Å². The molecule has 1 fully saturated rings. The lowest BCUT2D eigenvalue weighted by Crippen LogP contribution is -2.49. The Hall–Kier alpha value is -1.02. The third-order valence-corrected chi connectivity index (χ3v) is 3.29. The summed E-state index contributed by atoms with van der Waals surface area (Å²) in [6, 6.07) is 9.63. The SMILES string of the molecule is CC(C)Cc1cccc(N2CCN[C@H](C)C2)c1. The Balaban J connectivity index is 2.09. The maximum absolute atomic E-state index is 3.49. The van der Waals surface area contributed by atoms with Crippen molar-refractivity contribution >= 4 is 5.69 Å². The van der Waals surface area contributed by atoms with Crippen molar-refractivity contribution in [3.8, 4) is 0 Å². The minimum Gasteiger partial charge on any atom is -0.369 e. The summed E-state index contributed by atoms with van der Waals surface area (Å²) in [4.78, 5) is 2.49. The van der Waals surface area contributed by atoms with E-state index in [2.05, 4.69) is 55.3 Å². The monoisotopic (exact) mass is 232 g/mol. The van der Waals surface area contributed by atoms with Gasteiger partial charge in [0.05, 0.1) is 0 Å². The Bertz CT molecular complexity index is 360. The Kier molecular flexibility index (Phi) is 4.06. The number of rotatable bonds is 3. The molecular formula is C15H24N2. The van der Waals surface area contributed by atoms with E-state index in [1.54, 1.807) is 0 Å². The fourth-order valence-electron chi connectivity index (χ4n) is 2.52. The minimum absolute atomic E-state index is 0.595. The highest BCUT2D eigenvalue weighted by atomic mass is 15.2.